The number of nitrogens with two attached hydrogens (primary N) is 1. The topological polar surface area (TPSA) is 72.6 Å². The summed E-state index contributed by atoms with van der Waals surface area (Å²) in [5.74, 6) is 0.391. The molecule has 0 radical (unpaired) electrons. The van der Waals surface area contributed by atoms with Gasteiger partial charge < -0.3 is 15.4 Å². The molecular formula is C17H18N2O3S. The van der Waals surface area contributed by atoms with Gasteiger partial charge in [-0.05, 0) is 44.5 Å². The average Bonchev–Trinajstić information content (AvgIpc) is 2.78. The van der Waals surface area contributed by atoms with Crippen molar-refractivity contribution in [3.63, 3.8) is 0 Å². The molecule has 1 aromatic heterocycles. The lowest BCUT2D eigenvalue weighted by molar-refractivity contribution is -0.121. The maximum Gasteiger partial charge on any atom is 0.265 e. The van der Waals surface area contributed by atoms with Crippen molar-refractivity contribution < 1.29 is 14.3 Å². The summed E-state index contributed by atoms with van der Waals surface area (Å²) in [6.07, 6.45) is 0. The first-order valence-electron chi connectivity index (χ1n) is 7.41. The number of nitrogen functional groups attached to an aromatic ring is 1. The third-order valence-electron chi connectivity index (χ3n) is 4.12. The lowest BCUT2D eigenvalue weighted by atomic mass is 10.00. The molecule has 1 aliphatic heterocycles. The van der Waals surface area contributed by atoms with Gasteiger partial charge in [0.15, 0.2) is 12.4 Å². The number of aryl methyl sites for hydroxylation is 1. The van der Waals surface area contributed by atoms with E-state index in [4.69, 9.17) is 10.5 Å². The van der Waals surface area contributed by atoms with E-state index in [1.165, 1.54) is 11.3 Å². The van der Waals surface area contributed by atoms with Gasteiger partial charge in [0.05, 0.1) is 16.3 Å². The largest absolute Gasteiger partial charge is 0.482 e. The molecule has 0 aliphatic carbocycles. The maximum atomic E-state index is 12.8. The number of rotatable bonds is 3. The molecule has 120 valence electrons. The van der Waals surface area contributed by atoms with Gasteiger partial charge in [0, 0.05) is 17.0 Å². The Morgan fingerprint density at radius 2 is 2.13 bits per heavy atom. The Balaban J connectivity index is 2.06. The quantitative estimate of drug-likeness (QED) is 0.878. The van der Waals surface area contributed by atoms with Crippen LogP contribution in [0.25, 0.3) is 0 Å². The van der Waals surface area contributed by atoms with Gasteiger partial charge >= 0.3 is 0 Å². The molecule has 0 saturated heterocycles. The van der Waals surface area contributed by atoms with E-state index in [9.17, 15) is 9.59 Å². The molecule has 2 N–H and O–H groups in total. The lowest BCUT2D eigenvalue weighted by Gasteiger charge is -2.28. The molecule has 0 bridgehead atoms. The smallest absolute Gasteiger partial charge is 0.265 e. The number of hydrogen-bond acceptors (Lipinski definition) is 5. The van der Waals surface area contributed by atoms with Crippen molar-refractivity contribution >= 4 is 33.7 Å². The minimum absolute atomic E-state index is 0.0317. The molecule has 0 saturated carbocycles. The summed E-state index contributed by atoms with van der Waals surface area (Å²) in [4.78, 5) is 27.5. The normalized spacial score (nSPS) is 13.7. The van der Waals surface area contributed by atoms with Crippen molar-refractivity contribution in [3.8, 4) is 5.75 Å². The molecule has 1 aromatic carbocycles. The number of carbonyl (C=O) groups excluding carboxylic acids is 2. The third kappa shape index (κ3) is 2.49. The minimum atomic E-state index is -0.124. The number of anilines is 2. The van der Waals surface area contributed by atoms with Gasteiger partial charge in [-0.3, -0.25) is 9.59 Å². The van der Waals surface area contributed by atoms with Crippen molar-refractivity contribution in [1.82, 2.24) is 0 Å². The SMILES string of the molecule is CCN1C(=O)COc2ccc(C(=O)c3c(N)sc(C)c3C)cc21. The van der Waals surface area contributed by atoms with Crippen LogP contribution in [0.15, 0.2) is 18.2 Å². The summed E-state index contributed by atoms with van der Waals surface area (Å²) in [6.45, 7) is 6.31. The van der Waals surface area contributed by atoms with Crippen molar-refractivity contribution in [2.75, 3.05) is 23.8 Å². The molecular weight excluding hydrogens is 312 g/mol. The number of likely N-dealkylation sites (N-methyl/N-ethyl adjacent to an activating group) is 1. The molecule has 0 fully saturated rings. The second-order valence-corrected chi connectivity index (χ2v) is 6.72. The summed E-state index contributed by atoms with van der Waals surface area (Å²) < 4.78 is 5.43. The number of benzene rings is 1. The van der Waals surface area contributed by atoms with E-state index < -0.39 is 0 Å². The van der Waals surface area contributed by atoms with Crippen LogP contribution in [-0.2, 0) is 4.79 Å². The highest BCUT2D eigenvalue weighted by molar-refractivity contribution is 7.16. The Morgan fingerprint density at radius 1 is 1.39 bits per heavy atom. The van der Waals surface area contributed by atoms with Crippen molar-refractivity contribution in [3.05, 3.63) is 39.8 Å². The minimum Gasteiger partial charge on any atom is -0.482 e. The van der Waals surface area contributed by atoms with Crippen LogP contribution in [0.4, 0.5) is 10.7 Å². The zero-order chi connectivity index (χ0) is 16.7. The highest BCUT2D eigenvalue weighted by Gasteiger charge is 2.26. The first-order chi connectivity index (χ1) is 10.9. The zero-order valence-corrected chi connectivity index (χ0v) is 14.1. The number of ether oxygens (including phenoxy) is 1. The molecule has 3 rings (SSSR count). The molecule has 5 nitrogen and oxygen atoms in total. The molecule has 6 heteroatoms. The molecule has 1 amide bonds. The third-order valence-corrected chi connectivity index (χ3v) is 5.16. The highest BCUT2D eigenvalue weighted by atomic mass is 32.1. The number of nitrogens with zero attached hydrogens (tertiary/aromatic N) is 1. The van der Waals surface area contributed by atoms with Crippen molar-refractivity contribution in [1.29, 1.82) is 0 Å². The first-order valence-corrected chi connectivity index (χ1v) is 8.23. The van der Waals surface area contributed by atoms with Gasteiger partial charge in [-0.25, -0.2) is 0 Å². The second-order valence-electron chi connectivity index (χ2n) is 5.46. The van der Waals surface area contributed by atoms with E-state index in [1.54, 1.807) is 23.1 Å². The fraction of sp³-hybridized carbons (Fsp3) is 0.294. The Kier molecular flexibility index (Phi) is 3.85. The molecule has 23 heavy (non-hydrogen) atoms. The summed E-state index contributed by atoms with van der Waals surface area (Å²) in [7, 11) is 0. The van der Waals surface area contributed by atoms with E-state index in [1.807, 2.05) is 20.8 Å². The molecule has 2 aromatic rings. The monoisotopic (exact) mass is 330 g/mol. The number of amides is 1. The Labute approximate surface area is 138 Å². The first kappa shape index (κ1) is 15.6. The van der Waals surface area contributed by atoms with Gasteiger partial charge in [-0.2, -0.15) is 0 Å². The zero-order valence-electron chi connectivity index (χ0n) is 13.3. The predicted molar refractivity (Wildman–Crippen MR) is 91.6 cm³/mol. The lowest BCUT2D eigenvalue weighted by Crippen LogP contribution is -2.38. The summed E-state index contributed by atoms with van der Waals surface area (Å²) in [5, 5.41) is 0.530. The molecule has 0 spiro atoms. The molecule has 0 atom stereocenters. The van der Waals surface area contributed by atoms with Gasteiger partial charge in [-0.15, -0.1) is 11.3 Å². The number of thiophene rings is 1. The summed E-state index contributed by atoms with van der Waals surface area (Å²) in [6, 6.07) is 5.17. The van der Waals surface area contributed by atoms with E-state index in [0.717, 1.165) is 10.4 Å². The van der Waals surface area contributed by atoms with Gasteiger partial charge in [-0.1, -0.05) is 0 Å². The van der Waals surface area contributed by atoms with Gasteiger partial charge in [0.1, 0.15) is 5.75 Å². The van der Waals surface area contributed by atoms with Crippen LogP contribution >= 0.6 is 11.3 Å². The fourth-order valence-corrected chi connectivity index (χ4v) is 3.70. The van der Waals surface area contributed by atoms with Crippen LogP contribution in [0.3, 0.4) is 0 Å². The van der Waals surface area contributed by atoms with E-state index in [2.05, 4.69) is 0 Å². The van der Waals surface area contributed by atoms with Crippen molar-refractivity contribution in [2.24, 2.45) is 0 Å². The fourth-order valence-electron chi connectivity index (χ4n) is 2.77. The number of carbonyl (C=O) groups is 2. The molecule has 0 unspecified atom stereocenters. The standard InChI is InChI=1S/C17H18N2O3S/c1-4-19-12-7-11(5-6-13(12)22-8-14(19)20)16(21)15-9(2)10(3)23-17(15)18/h5-7H,4,8,18H2,1-3H3. The Morgan fingerprint density at radius 3 is 2.74 bits per heavy atom. The number of ketones is 1. The van der Waals surface area contributed by atoms with E-state index >= 15 is 0 Å². The highest BCUT2D eigenvalue weighted by Crippen LogP contribution is 2.36. The van der Waals surface area contributed by atoms with Gasteiger partial charge in [0.2, 0.25) is 0 Å². The molecule has 1 aliphatic rings. The summed E-state index contributed by atoms with van der Waals surface area (Å²) in [5.41, 5.74) is 8.61. The van der Waals surface area contributed by atoms with Gasteiger partial charge in [0.25, 0.3) is 5.91 Å². The van der Waals surface area contributed by atoms with Crippen molar-refractivity contribution in [2.45, 2.75) is 20.8 Å². The van der Waals surface area contributed by atoms with Crippen LogP contribution < -0.4 is 15.4 Å². The van der Waals surface area contributed by atoms with Crippen LogP contribution in [0.5, 0.6) is 5.75 Å². The maximum absolute atomic E-state index is 12.8. The number of hydrogen-bond donors (Lipinski definition) is 1. The Bertz CT molecular complexity index is 810. The predicted octanol–water partition coefficient (Wildman–Crippen LogP) is 2.92. The van der Waals surface area contributed by atoms with E-state index in [0.29, 0.717) is 34.1 Å². The van der Waals surface area contributed by atoms with Crippen LogP contribution in [-0.4, -0.2) is 24.8 Å². The second kappa shape index (κ2) is 5.70. The average molecular weight is 330 g/mol. The van der Waals surface area contributed by atoms with Crippen LogP contribution in [0, 0.1) is 13.8 Å². The van der Waals surface area contributed by atoms with Crippen LogP contribution in [0.2, 0.25) is 0 Å². The number of fused-ring (bicyclic) bond motifs is 1. The van der Waals surface area contributed by atoms with Crippen LogP contribution in [0.1, 0.15) is 33.3 Å². The van der Waals surface area contributed by atoms with E-state index in [-0.39, 0.29) is 18.3 Å². The molecule has 2 heterocycles. The Hall–Kier alpha value is -2.34. The summed E-state index contributed by atoms with van der Waals surface area (Å²) >= 11 is 1.42.